The number of esters is 1. The third kappa shape index (κ3) is 4.48. The van der Waals surface area contributed by atoms with Gasteiger partial charge in [0.15, 0.2) is 0 Å². The Hall–Kier alpha value is -2.51. The summed E-state index contributed by atoms with van der Waals surface area (Å²) >= 11 is 5.92. The van der Waals surface area contributed by atoms with Crippen LogP contribution < -0.4 is 0 Å². The number of hydrogen-bond donors (Lipinski definition) is 0. The van der Waals surface area contributed by atoms with Crippen LogP contribution in [0.5, 0.6) is 0 Å². The Labute approximate surface area is 166 Å². The Bertz CT molecular complexity index is 848. The molecule has 0 spiro atoms. The molecule has 8 heteroatoms. The van der Waals surface area contributed by atoms with E-state index in [1.807, 2.05) is 4.90 Å². The largest absolute Gasteiger partial charge is 0.468 e. The number of amides is 1. The molecule has 1 saturated heterocycles. The zero-order chi connectivity index (χ0) is 20.3. The van der Waals surface area contributed by atoms with Gasteiger partial charge in [0, 0.05) is 42.8 Å². The van der Waals surface area contributed by atoms with Gasteiger partial charge in [-0.25, -0.2) is 13.6 Å². The highest BCUT2D eigenvalue weighted by molar-refractivity contribution is 6.30. The van der Waals surface area contributed by atoms with Crippen molar-refractivity contribution in [2.24, 2.45) is 0 Å². The van der Waals surface area contributed by atoms with Crippen LogP contribution >= 0.6 is 11.6 Å². The van der Waals surface area contributed by atoms with Gasteiger partial charge in [0.25, 0.3) is 5.91 Å². The van der Waals surface area contributed by atoms with Crippen LogP contribution in [-0.4, -0.2) is 55.0 Å². The Morgan fingerprint density at radius 3 is 2.11 bits per heavy atom. The summed E-state index contributed by atoms with van der Waals surface area (Å²) in [6.45, 7) is 1.45. The van der Waals surface area contributed by atoms with Gasteiger partial charge in [0.05, 0.1) is 7.11 Å². The maximum Gasteiger partial charge on any atom is 0.327 e. The second-order valence-electron chi connectivity index (χ2n) is 6.46. The quantitative estimate of drug-likeness (QED) is 0.728. The lowest BCUT2D eigenvalue weighted by Crippen LogP contribution is -2.51. The average Bonchev–Trinajstić information content (AvgIpc) is 2.68. The number of nitrogens with zero attached hydrogens (tertiary/aromatic N) is 2. The van der Waals surface area contributed by atoms with Crippen molar-refractivity contribution in [3.63, 3.8) is 0 Å². The van der Waals surface area contributed by atoms with Crippen LogP contribution in [0.15, 0.2) is 42.5 Å². The molecule has 1 fully saturated rings. The summed E-state index contributed by atoms with van der Waals surface area (Å²) in [6, 6.07) is 9.06. The lowest BCUT2D eigenvalue weighted by atomic mass is 10.0. The van der Waals surface area contributed by atoms with Crippen molar-refractivity contribution in [1.29, 1.82) is 0 Å². The highest BCUT2D eigenvalue weighted by Crippen LogP contribution is 2.25. The van der Waals surface area contributed by atoms with E-state index in [0.29, 0.717) is 31.2 Å². The molecule has 0 saturated carbocycles. The van der Waals surface area contributed by atoms with Crippen molar-refractivity contribution in [2.45, 2.75) is 6.04 Å². The monoisotopic (exact) mass is 408 g/mol. The second-order valence-corrected chi connectivity index (χ2v) is 6.90. The van der Waals surface area contributed by atoms with Crippen LogP contribution in [-0.2, 0) is 9.53 Å². The van der Waals surface area contributed by atoms with E-state index in [1.165, 1.54) is 12.0 Å². The number of carbonyl (C=O) groups excluding carboxylic acids is 2. The smallest absolute Gasteiger partial charge is 0.327 e. The Morgan fingerprint density at radius 1 is 1.00 bits per heavy atom. The molecule has 0 bridgehead atoms. The highest BCUT2D eigenvalue weighted by atomic mass is 35.5. The normalized spacial score (nSPS) is 15.9. The number of carbonyl (C=O) groups is 2. The van der Waals surface area contributed by atoms with Crippen molar-refractivity contribution >= 4 is 23.5 Å². The summed E-state index contributed by atoms with van der Waals surface area (Å²) in [4.78, 5) is 28.3. The van der Waals surface area contributed by atoms with Crippen molar-refractivity contribution in [3.8, 4) is 0 Å². The Morgan fingerprint density at radius 2 is 1.57 bits per heavy atom. The van der Waals surface area contributed by atoms with E-state index < -0.39 is 29.6 Å². The predicted octanol–water partition coefficient (Wildman–Crippen LogP) is 3.29. The third-order valence-electron chi connectivity index (χ3n) is 4.69. The highest BCUT2D eigenvalue weighted by Gasteiger charge is 2.32. The fourth-order valence-electron chi connectivity index (χ4n) is 3.30. The zero-order valence-electron chi connectivity index (χ0n) is 15.2. The summed E-state index contributed by atoms with van der Waals surface area (Å²) in [5.41, 5.74) is 0.705. The van der Waals surface area contributed by atoms with E-state index in [9.17, 15) is 18.4 Å². The van der Waals surface area contributed by atoms with Gasteiger partial charge in [0.1, 0.15) is 17.7 Å². The molecule has 2 aromatic carbocycles. The molecule has 1 unspecified atom stereocenters. The van der Waals surface area contributed by atoms with Crippen molar-refractivity contribution in [1.82, 2.24) is 9.80 Å². The van der Waals surface area contributed by atoms with Gasteiger partial charge in [-0.2, -0.15) is 0 Å². The van der Waals surface area contributed by atoms with Gasteiger partial charge < -0.3 is 9.64 Å². The number of rotatable bonds is 4. The topological polar surface area (TPSA) is 49.9 Å². The standard InChI is InChI=1S/C20H19ClF2N2O3/c1-28-20(27)18(13-2-4-15(21)5-3-13)24-6-8-25(9-7-24)19(26)14-10-16(22)12-17(23)11-14/h2-5,10-12,18H,6-9H2,1H3. The van der Waals surface area contributed by atoms with Crippen LogP contribution in [0.25, 0.3) is 0 Å². The molecule has 1 aliphatic rings. The molecule has 1 atom stereocenters. The summed E-state index contributed by atoms with van der Waals surface area (Å²) in [5.74, 6) is -2.44. The van der Waals surface area contributed by atoms with Crippen molar-refractivity contribution < 1.29 is 23.1 Å². The van der Waals surface area contributed by atoms with Crippen LogP contribution in [0.2, 0.25) is 5.02 Å². The molecule has 0 N–H and O–H groups in total. The molecule has 2 aromatic rings. The van der Waals surface area contributed by atoms with E-state index in [-0.39, 0.29) is 5.56 Å². The fourth-order valence-corrected chi connectivity index (χ4v) is 3.42. The Balaban J connectivity index is 1.72. The first-order valence-electron chi connectivity index (χ1n) is 8.72. The molecule has 1 amide bonds. The Kier molecular flexibility index (Phi) is 6.26. The SMILES string of the molecule is COC(=O)C(c1ccc(Cl)cc1)N1CCN(C(=O)c2cc(F)cc(F)c2)CC1. The van der Waals surface area contributed by atoms with Crippen molar-refractivity contribution in [3.05, 3.63) is 70.2 Å². The maximum absolute atomic E-state index is 13.4. The van der Waals surface area contributed by atoms with E-state index in [0.717, 1.165) is 23.8 Å². The number of ether oxygens (including phenoxy) is 1. The molecular formula is C20H19ClF2N2O3. The summed E-state index contributed by atoms with van der Waals surface area (Å²) in [7, 11) is 1.32. The van der Waals surface area contributed by atoms with E-state index >= 15 is 0 Å². The predicted molar refractivity (Wildman–Crippen MR) is 100 cm³/mol. The van der Waals surface area contributed by atoms with Crippen molar-refractivity contribution in [2.75, 3.05) is 33.3 Å². The van der Waals surface area contributed by atoms with Gasteiger partial charge >= 0.3 is 5.97 Å². The molecule has 3 rings (SSSR count). The minimum absolute atomic E-state index is 0.0341. The van der Waals surface area contributed by atoms with E-state index in [4.69, 9.17) is 16.3 Å². The molecule has 1 heterocycles. The first kappa shape index (κ1) is 20.2. The summed E-state index contributed by atoms with van der Waals surface area (Å²) < 4.78 is 31.7. The summed E-state index contributed by atoms with van der Waals surface area (Å²) in [5, 5.41) is 0.560. The number of benzene rings is 2. The molecule has 148 valence electrons. The molecule has 5 nitrogen and oxygen atoms in total. The lowest BCUT2D eigenvalue weighted by Gasteiger charge is -2.38. The molecule has 0 aliphatic carbocycles. The minimum Gasteiger partial charge on any atom is -0.468 e. The summed E-state index contributed by atoms with van der Waals surface area (Å²) in [6.07, 6.45) is 0. The molecule has 0 radical (unpaired) electrons. The number of piperazine rings is 1. The number of halogens is 3. The number of methoxy groups -OCH3 is 1. The van der Waals surface area contributed by atoms with Gasteiger partial charge in [-0.05, 0) is 29.8 Å². The van der Waals surface area contributed by atoms with Gasteiger partial charge in [-0.15, -0.1) is 0 Å². The second kappa shape index (κ2) is 8.67. The average molecular weight is 409 g/mol. The molecular weight excluding hydrogens is 390 g/mol. The fraction of sp³-hybridized carbons (Fsp3) is 0.300. The van der Waals surface area contributed by atoms with Gasteiger partial charge in [0.2, 0.25) is 0 Å². The maximum atomic E-state index is 13.4. The number of hydrogen-bond acceptors (Lipinski definition) is 4. The lowest BCUT2D eigenvalue weighted by molar-refractivity contribution is -0.148. The molecule has 28 heavy (non-hydrogen) atoms. The van der Waals surface area contributed by atoms with Crippen LogP contribution in [0.1, 0.15) is 22.0 Å². The van der Waals surface area contributed by atoms with Gasteiger partial charge in [-0.1, -0.05) is 23.7 Å². The van der Waals surface area contributed by atoms with E-state index in [1.54, 1.807) is 24.3 Å². The van der Waals surface area contributed by atoms with Gasteiger partial charge in [-0.3, -0.25) is 9.69 Å². The van der Waals surface area contributed by atoms with Crippen LogP contribution in [0, 0.1) is 11.6 Å². The minimum atomic E-state index is -0.796. The molecule has 0 aromatic heterocycles. The first-order valence-corrected chi connectivity index (χ1v) is 9.09. The molecule has 1 aliphatic heterocycles. The zero-order valence-corrected chi connectivity index (χ0v) is 16.0. The van der Waals surface area contributed by atoms with Crippen LogP contribution in [0.4, 0.5) is 8.78 Å². The van der Waals surface area contributed by atoms with Crippen LogP contribution in [0.3, 0.4) is 0 Å². The van der Waals surface area contributed by atoms with E-state index in [2.05, 4.69) is 0 Å². The first-order chi connectivity index (χ1) is 13.4. The third-order valence-corrected chi connectivity index (χ3v) is 4.94.